The maximum atomic E-state index is 5.60. The third-order valence-electron chi connectivity index (χ3n) is 2.26. The first kappa shape index (κ1) is 16.7. The molecular weight excluding hydrogens is 218 g/mol. The Bertz CT molecular complexity index is 145. The largest absolute Gasteiger partial charge is 0.329 e. The second-order valence-corrected chi connectivity index (χ2v) is 3.77. The van der Waals surface area contributed by atoms with Gasteiger partial charge in [-0.1, -0.05) is 0 Å². The fraction of sp³-hybridized carbons (Fsp3) is 1.00. The van der Waals surface area contributed by atoms with Crippen LogP contribution in [0.3, 0.4) is 0 Å². The van der Waals surface area contributed by atoms with Gasteiger partial charge in [0.2, 0.25) is 0 Å². The fourth-order valence-corrected chi connectivity index (χ4v) is 1.36. The summed E-state index contributed by atoms with van der Waals surface area (Å²) in [5.74, 6) is 0. The van der Waals surface area contributed by atoms with E-state index in [0.717, 1.165) is 39.3 Å². The van der Waals surface area contributed by atoms with Crippen LogP contribution >= 0.6 is 0 Å². The Labute approximate surface area is 104 Å². The van der Waals surface area contributed by atoms with E-state index in [2.05, 4.69) is 21.3 Å². The highest BCUT2D eigenvalue weighted by Gasteiger charge is 2.02. The molecule has 0 bridgehead atoms. The van der Waals surface area contributed by atoms with E-state index in [1.807, 2.05) is 0 Å². The van der Waals surface area contributed by atoms with Gasteiger partial charge in [-0.2, -0.15) is 0 Å². The zero-order valence-electron chi connectivity index (χ0n) is 10.7. The van der Waals surface area contributed by atoms with Crippen molar-refractivity contribution >= 4 is 0 Å². The third-order valence-corrected chi connectivity index (χ3v) is 2.26. The minimum atomic E-state index is 0.149. The van der Waals surface area contributed by atoms with E-state index in [9.17, 15) is 0 Å². The molecule has 0 heterocycles. The van der Waals surface area contributed by atoms with Gasteiger partial charge in [0.25, 0.3) is 0 Å². The molecule has 0 aromatic heterocycles. The lowest BCUT2D eigenvalue weighted by atomic mass is 10.4. The van der Waals surface area contributed by atoms with Crippen molar-refractivity contribution in [1.82, 2.24) is 21.3 Å². The summed E-state index contributed by atoms with van der Waals surface area (Å²) in [6.07, 6.45) is 0.149. The first-order valence-electron chi connectivity index (χ1n) is 6.33. The zero-order chi connectivity index (χ0) is 12.8. The summed E-state index contributed by atoms with van der Waals surface area (Å²) in [6.45, 7) is 7.24. The molecule has 0 rings (SSSR count). The Morgan fingerprint density at radius 3 is 1.76 bits per heavy atom. The third kappa shape index (κ3) is 12.0. The first-order chi connectivity index (χ1) is 8.35. The Kier molecular flexibility index (Phi) is 13.6. The molecule has 1 unspecified atom stereocenters. The number of hydrogen-bond donors (Lipinski definition) is 7. The standard InChI is InChI=1S/C10H29N7/c11-1-3-14-5-6-15-7-8-17-10(9-13)16-4-2-12/h10,14-17H,1-9,11-13H2. The van der Waals surface area contributed by atoms with Crippen molar-refractivity contribution in [2.75, 3.05) is 58.9 Å². The number of nitrogens with two attached hydrogens (primary N) is 3. The van der Waals surface area contributed by atoms with Gasteiger partial charge in [0.15, 0.2) is 0 Å². The molecule has 0 radical (unpaired) electrons. The van der Waals surface area contributed by atoms with E-state index in [0.29, 0.717) is 19.6 Å². The van der Waals surface area contributed by atoms with E-state index >= 15 is 0 Å². The summed E-state index contributed by atoms with van der Waals surface area (Å²) in [6, 6.07) is 0. The molecule has 104 valence electrons. The molecule has 0 aliphatic carbocycles. The molecule has 1 atom stereocenters. The maximum absolute atomic E-state index is 5.60. The number of rotatable bonds is 13. The van der Waals surface area contributed by atoms with Crippen LogP contribution < -0.4 is 38.5 Å². The van der Waals surface area contributed by atoms with Gasteiger partial charge in [-0.05, 0) is 0 Å². The quantitative estimate of drug-likeness (QED) is 0.133. The van der Waals surface area contributed by atoms with Crippen LogP contribution in [-0.2, 0) is 0 Å². The zero-order valence-corrected chi connectivity index (χ0v) is 10.7. The predicted molar refractivity (Wildman–Crippen MR) is 72.7 cm³/mol. The van der Waals surface area contributed by atoms with Crippen LogP contribution in [0.4, 0.5) is 0 Å². The first-order valence-corrected chi connectivity index (χ1v) is 6.33. The smallest absolute Gasteiger partial charge is 0.0699 e. The maximum Gasteiger partial charge on any atom is 0.0699 e. The van der Waals surface area contributed by atoms with Gasteiger partial charge in [0, 0.05) is 58.9 Å². The van der Waals surface area contributed by atoms with Gasteiger partial charge in [-0.15, -0.1) is 0 Å². The van der Waals surface area contributed by atoms with Crippen LogP contribution in [0.5, 0.6) is 0 Å². The van der Waals surface area contributed by atoms with Crippen LogP contribution in [0.1, 0.15) is 0 Å². The average molecular weight is 247 g/mol. The van der Waals surface area contributed by atoms with E-state index in [1.54, 1.807) is 0 Å². The lowest BCUT2D eigenvalue weighted by Crippen LogP contribution is -2.50. The summed E-state index contributed by atoms with van der Waals surface area (Å²) in [5, 5.41) is 13.1. The van der Waals surface area contributed by atoms with Gasteiger partial charge in [-0.25, -0.2) is 0 Å². The predicted octanol–water partition coefficient (Wildman–Crippen LogP) is -3.45. The Morgan fingerprint density at radius 1 is 0.647 bits per heavy atom. The number of nitrogens with one attached hydrogen (secondary N) is 4. The van der Waals surface area contributed by atoms with Crippen molar-refractivity contribution in [3.63, 3.8) is 0 Å². The molecule has 7 nitrogen and oxygen atoms in total. The highest BCUT2D eigenvalue weighted by atomic mass is 15.1. The van der Waals surface area contributed by atoms with Gasteiger partial charge in [0.05, 0.1) is 6.17 Å². The van der Waals surface area contributed by atoms with Gasteiger partial charge in [-0.3, -0.25) is 10.6 Å². The Morgan fingerprint density at radius 2 is 1.18 bits per heavy atom. The highest BCUT2D eigenvalue weighted by Crippen LogP contribution is 1.72. The van der Waals surface area contributed by atoms with Crippen molar-refractivity contribution in [3.05, 3.63) is 0 Å². The second kappa shape index (κ2) is 13.8. The molecule has 0 saturated heterocycles. The summed E-state index contributed by atoms with van der Waals surface area (Å²) in [7, 11) is 0. The van der Waals surface area contributed by atoms with Crippen LogP contribution in [0.2, 0.25) is 0 Å². The van der Waals surface area contributed by atoms with E-state index < -0.39 is 0 Å². The van der Waals surface area contributed by atoms with Crippen molar-refractivity contribution in [2.45, 2.75) is 6.17 Å². The minimum absolute atomic E-state index is 0.149. The molecule has 0 aromatic carbocycles. The number of hydrogen-bond acceptors (Lipinski definition) is 7. The van der Waals surface area contributed by atoms with E-state index in [-0.39, 0.29) is 6.17 Å². The van der Waals surface area contributed by atoms with Crippen LogP contribution in [-0.4, -0.2) is 65.1 Å². The van der Waals surface area contributed by atoms with E-state index in [4.69, 9.17) is 17.2 Å². The fourth-order valence-electron chi connectivity index (χ4n) is 1.36. The van der Waals surface area contributed by atoms with Gasteiger partial charge >= 0.3 is 0 Å². The molecule has 7 heteroatoms. The van der Waals surface area contributed by atoms with Crippen molar-refractivity contribution in [3.8, 4) is 0 Å². The summed E-state index contributed by atoms with van der Waals surface area (Å²) in [4.78, 5) is 0. The second-order valence-electron chi connectivity index (χ2n) is 3.77. The minimum Gasteiger partial charge on any atom is -0.329 e. The van der Waals surface area contributed by atoms with Crippen LogP contribution in [0.15, 0.2) is 0 Å². The Balaban J connectivity index is 3.19. The summed E-state index contributed by atoms with van der Waals surface area (Å²) in [5.41, 5.74) is 16.4. The lowest BCUT2D eigenvalue weighted by Gasteiger charge is -2.18. The highest BCUT2D eigenvalue weighted by molar-refractivity contribution is 4.66. The van der Waals surface area contributed by atoms with Crippen molar-refractivity contribution in [2.24, 2.45) is 17.2 Å². The Hall–Kier alpha value is -0.280. The average Bonchev–Trinajstić information content (AvgIpc) is 2.36. The van der Waals surface area contributed by atoms with E-state index in [1.165, 1.54) is 0 Å². The summed E-state index contributed by atoms with van der Waals surface area (Å²) >= 11 is 0. The SMILES string of the molecule is NCCNCCNCCNC(CN)NCCN. The molecular formula is C10H29N7. The molecule has 0 aliphatic rings. The summed E-state index contributed by atoms with van der Waals surface area (Å²) < 4.78 is 0. The molecule has 17 heavy (non-hydrogen) atoms. The topological polar surface area (TPSA) is 126 Å². The molecule has 0 spiro atoms. The molecule has 0 aliphatic heterocycles. The monoisotopic (exact) mass is 247 g/mol. The van der Waals surface area contributed by atoms with Crippen molar-refractivity contribution < 1.29 is 0 Å². The van der Waals surface area contributed by atoms with Crippen LogP contribution in [0.25, 0.3) is 0 Å². The normalized spacial score (nSPS) is 12.9. The molecule has 10 N–H and O–H groups in total. The molecule has 0 aromatic rings. The van der Waals surface area contributed by atoms with Crippen LogP contribution in [0, 0.1) is 0 Å². The molecule has 0 saturated carbocycles. The van der Waals surface area contributed by atoms with Crippen molar-refractivity contribution in [1.29, 1.82) is 0 Å². The lowest BCUT2D eigenvalue weighted by molar-refractivity contribution is 0.431. The van der Waals surface area contributed by atoms with Gasteiger partial charge < -0.3 is 27.8 Å². The molecule has 0 fully saturated rings. The molecule has 0 amide bonds. The van der Waals surface area contributed by atoms with Gasteiger partial charge in [0.1, 0.15) is 0 Å².